The van der Waals surface area contributed by atoms with E-state index in [1.165, 1.54) is 22.0 Å². The van der Waals surface area contributed by atoms with Crippen molar-refractivity contribution >= 4 is 11.3 Å². The van der Waals surface area contributed by atoms with Gasteiger partial charge in [-0.3, -0.25) is 4.79 Å². The van der Waals surface area contributed by atoms with Gasteiger partial charge >= 0.3 is 6.18 Å². The van der Waals surface area contributed by atoms with Crippen molar-refractivity contribution in [3.05, 3.63) is 39.5 Å². The predicted molar refractivity (Wildman–Crippen MR) is 81.0 cm³/mol. The van der Waals surface area contributed by atoms with E-state index in [4.69, 9.17) is 0 Å². The Morgan fingerprint density at radius 2 is 1.96 bits per heavy atom. The maximum absolute atomic E-state index is 12.8. The molecule has 0 aliphatic heterocycles. The molecule has 1 saturated carbocycles. The van der Waals surface area contributed by atoms with Crippen LogP contribution in [-0.4, -0.2) is 20.7 Å². The van der Waals surface area contributed by atoms with Crippen LogP contribution in [0.5, 0.6) is 0 Å². The Kier molecular flexibility index (Phi) is 4.27. The second kappa shape index (κ2) is 6.07. The Bertz CT molecular complexity index is 731. The first-order valence-corrected chi connectivity index (χ1v) is 8.31. The summed E-state index contributed by atoms with van der Waals surface area (Å²) in [5, 5.41) is 2.27. The molecule has 2 aromatic heterocycles. The number of halogens is 3. The van der Waals surface area contributed by atoms with E-state index in [2.05, 4.69) is 9.97 Å². The monoisotopic (exact) mass is 343 g/mol. The van der Waals surface area contributed by atoms with Gasteiger partial charge in [-0.15, -0.1) is 11.3 Å². The van der Waals surface area contributed by atoms with Crippen molar-refractivity contribution < 1.29 is 13.2 Å². The Labute approximate surface area is 135 Å². The standard InChI is InChI=1S/C15H16F3N3OS/c1-9-8-12(22)21(14-19-6-7-23-14)13(20-9)10-2-4-11(5-3-10)15(16,17)18/h6-8,10-11H,2-5H2,1H3. The summed E-state index contributed by atoms with van der Waals surface area (Å²) in [6.45, 7) is 1.72. The molecule has 0 atom stereocenters. The van der Waals surface area contributed by atoms with Gasteiger partial charge in [0, 0.05) is 29.3 Å². The van der Waals surface area contributed by atoms with Gasteiger partial charge in [0.15, 0.2) is 5.13 Å². The summed E-state index contributed by atoms with van der Waals surface area (Å²) in [6, 6.07) is 1.42. The van der Waals surface area contributed by atoms with Crippen LogP contribution in [0.2, 0.25) is 0 Å². The molecule has 1 aliphatic carbocycles. The number of thiazole rings is 1. The highest BCUT2D eigenvalue weighted by Gasteiger charge is 2.42. The van der Waals surface area contributed by atoms with Crippen molar-refractivity contribution in [3.63, 3.8) is 0 Å². The van der Waals surface area contributed by atoms with Gasteiger partial charge < -0.3 is 0 Å². The number of alkyl halides is 3. The van der Waals surface area contributed by atoms with Crippen LogP contribution in [0.25, 0.3) is 5.13 Å². The molecule has 0 N–H and O–H groups in total. The third-order valence-corrected chi connectivity index (χ3v) is 5.00. The van der Waals surface area contributed by atoms with Crippen LogP contribution < -0.4 is 5.56 Å². The number of hydrogen-bond donors (Lipinski definition) is 0. The molecule has 0 unspecified atom stereocenters. The summed E-state index contributed by atoms with van der Waals surface area (Å²) in [5.41, 5.74) is 0.344. The Hall–Kier alpha value is -1.70. The molecule has 23 heavy (non-hydrogen) atoms. The quantitative estimate of drug-likeness (QED) is 0.832. The zero-order valence-corrected chi connectivity index (χ0v) is 13.3. The molecule has 1 aliphatic rings. The molecule has 0 saturated heterocycles. The lowest BCUT2D eigenvalue weighted by Gasteiger charge is -2.30. The molecule has 4 nitrogen and oxygen atoms in total. The van der Waals surface area contributed by atoms with Crippen LogP contribution in [0.4, 0.5) is 13.2 Å². The van der Waals surface area contributed by atoms with E-state index in [0.717, 1.165) is 0 Å². The summed E-state index contributed by atoms with van der Waals surface area (Å²) < 4.78 is 39.9. The van der Waals surface area contributed by atoms with Gasteiger partial charge in [0.1, 0.15) is 5.82 Å². The fraction of sp³-hybridized carbons (Fsp3) is 0.533. The summed E-state index contributed by atoms with van der Waals surface area (Å²) in [5.74, 6) is -0.862. The van der Waals surface area contributed by atoms with Crippen LogP contribution in [-0.2, 0) is 0 Å². The molecule has 0 bridgehead atoms. The third-order valence-electron chi connectivity index (χ3n) is 4.24. The number of hydrogen-bond acceptors (Lipinski definition) is 4. The lowest BCUT2D eigenvalue weighted by atomic mass is 9.81. The molecule has 0 aromatic carbocycles. The van der Waals surface area contributed by atoms with Crippen molar-refractivity contribution in [2.45, 2.75) is 44.7 Å². The van der Waals surface area contributed by atoms with Crippen LogP contribution in [0.15, 0.2) is 22.4 Å². The van der Waals surface area contributed by atoms with Crippen LogP contribution >= 0.6 is 11.3 Å². The number of nitrogens with zero attached hydrogens (tertiary/aromatic N) is 3. The van der Waals surface area contributed by atoms with Crippen molar-refractivity contribution in [2.24, 2.45) is 5.92 Å². The molecule has 1 fully saturated rings. The highest BCUT2D eigenvalue weighted by Crippen LogP contribution is 2.42. The minimum atomic E-state index is -4.14. The van der Waals surface area contributed by atoms with E-state index in [1.807, 2.05) is 0 Å². The zero-order chi connectivity index (χ0) is 16.6. The molecular formula is C15H16F3N3OS. The largest absolute Gasteiger partial charge is 0.391 e. The Morgan fingerprint density at radius 3 is 2.52 bits per heavy atom. The average molecular weight is 343 g/mol. The maximum Gasteiger partial charge on any atom is 0.391 e. The van der Waals surface area contributed by atoms with Gasteiger partial charge in [-0.2, -0.15) is 13.2 Å². The second-order valence-corrected chi connectivity index (χ2v) is 6.71. The maximum atomic E-state index is 12.8. The van der Waals surface area contributed by atoms with E-state index in [9.17, 15) is 18.0 Å². The van der Waals surface area contributed by atoms with Gasteiger partial charge in [-0.25, -0.2) is 14.5 Å². The van der Waals surface area contributed by atoms with Gasteiger partial charge in [-0.1, -0.05) is 0 Å². The summed E-state index contributed by atoms with van der Waals surface area (Å²) in [6.07, 6.45) is -1.63. The summed E-state index contributed by atoms with van der Waals surface area (Å²) >= 11 is 1.31. The number of aryl methyl sites for hydroxylation is 1. The second-order valence-electron chi connectivity index (χ2n) is 5.83. The van der Waals surface area contributed by atoms with Crippen molar-refractivity contribution in [1.82, 2.24) is 14.5 Å². The predicted octanol–water partition coefficient (Wildman–Crippen LogP) is 3.83. The van der Waals surface area contributed by atoms with E-state index < -0.39 is 12.1 Å². The minimum Gasteiger partial charge on any atom is -0.269 e. The first-order chi connectivity index (χ1) is 10.9. The number of aromatic nitrogens is 3. The summed E-state index contributed by atoms with van der Waals surface area (Å²) in [7, 11) is 0. The highest BCUT2D eigenvalue weighted by molar-refractivity contribution is 7.12. The molecule has 3 rings (SSSR count). The normalized spacial score (nSPS) is 22.3. The van der Waals surface area contributed by atoms with E-state index in [-0.39, 0.29) is 24.3 Å². The van der Waals surface area contributed by atoms with Gasteiger partial charge in [0.2, 0.25) is 0 Å². The fourth-order valence-electron chi connectivity index (χ4n) is 3.09. The topological polar surface area (TPSA) is 47.8 Å². The Balaban J connectivity index is 1.93. The van der Waals surface area contributed by atoms with Crippen LogP contribution in [0, 0.1) is 12.8 Å². The Morgan fingerprint density at radius 1 is 1.26 bits per heavy atom. The molecule has 124 valence electrons. The van der Waals surface area contributed by atoms with E-state index in [1.54, 1.807) is 18.5 Å². The molecule has 0 spiro atoms. The SMILES string of the molecule is Cc1cc(=O)n(-c2nccs2)c(C2CCC(C(F)(F)F)CC2)n1. The average Bonchev–Trinajstić information content (AvgIpc) is 2.99. The first-order valence-electron chi connectivity index (χ1n) is 7.43. The minimum absolute atomic E-state index is 0.0792. The smallest absolute Gasteiger partial charge is 0.269 e. The highest BCUT2D eigenvalue weighted by atomic mass is 32.1. The lowest BCUT2D eigenvalue weighted by molar-refractivity contribution is -0.182. The molecule has 0 radical (unpaired) electrons. The van der Waals surface area contributed by atoms with Gasteiger partial charge in [-0.05, 0) is 32.6 Å². The van der Waals surface area contributed by atoms with Crippen molar-refractivity contribution in [1.29, 1.82) is 0 Å². The fourth-order valence-corrected chi connectivity index (χ4v) is 3.74. The molecule has 2 aromatic rings. The molecule has 2 heterocycles. The van der Waals surface area contributed by atoms with Gasteiger partial charge in [0.05, 0.1) is 5.92 Å². The zero-order valence-electron chi connectivity index (χ0n) is 12.5. The van der Waals surface area contributed by atoms with Crippen molar-refractivity contribution in [2.75, 3.05) is 0 Å². The summed E-state index contributed by atoms with van der Waals surface area (Å²) in [4.78, 5) is 20.9. The third kappa shape index (κ3) is 3.31. The van der Waals surface area contributed by atoms with E-state index in [0.29, 0.717) is 29.5 Å². The lowest BCUT2D eigenvalue weighted by Crippen LogP contribution is -2.30. The molecule has 8 heteroatoms. The molecule has 0 amide bonds. The van der Waals surface area contributed by atoms with Crippen LogP contribution in [0.3, 0.4) is 0 Å². The number of rotatable bonds is 2. The molecular weight excluding hydrogens is 327 g/mol. The van der Waals surface area contributed by atoms with Gasteiger partial charge in [0.25, 0.3) is 5.56 Å². The van der Waals surface area contributed by atoms with E-state index >= 15 is 0 Å². The van der Waals surface area contributed by atoms with Crippen molar-refractivity contribution in [3.8, 4) is 5.13 Å². The first kappa shape index (κ1) is 16.2. The van der Waals surface area contributed by atoms with Crippen LogP contribution in [0.1, 0.15) is 43.1 Å².